The van der Waals surface area contributed by atoms with E-state index < -0.39 is 0 Å². The van der Waals surface area contributed by atoms with Gasteiger partial charge in [0.05, 0.1) is 22.5 Å². The topological polar surface area (TPSA) is 71.5 Å². The van der Waals surface area contributed by atoms with Crippen LogP contribution in [-0.2, 0) is 0 Å². The first-order chi connectivity index (χ1) is 12.9. The van der Waals surface area contributed by atoms with Gasteiger partial charge >= 0.3 is 0 Å². The Labute approximate surface area is 170 Å². The van der Waals surface area contributed by atoms with E-state index >= 15 is 0 Å². The van der Waals surface area contributed by atoms with Crippen LogP contribution in [-0.4, -0.2) is 59.7 Å². The SMILES string of the molecule is COc1ccc(Cl)c2sc(N(CCCN(C)C)C(=O)c3snnc3C)nc12. The minimum Gasteiger partial charge on any atom is -0.494 e. The number of ether oxygens (including phenoxy) is 1. The third kappa shape index (κ3) is 4.21. The van der Waals surface area contributed by atoms with E-state index in [0.717, 1.165) is 29.2 Å². The van der Waals surface area contributed by atoms with Crippen LogP contribution in [0.15, 0.2) is 12.1 Å². The van der Waals surface area contributed by atoms with Gasteiger partial charge in [-0.25, -0.2) is 4.98 Å². The van der Waals surface area contributed by atoms with Crippen LogP contribution in [0.5, 0.6) is 5.75 Å². The molecule has 0 aliphatic rings. The highest BCUT2D eigenvalue weighted by atomic mass is 35.5. The van der Waals surface area contributed by atoms with Crippen molar-refractivity contribution in [2.45, 2.75) is 13.3 Å². The lowest BCUT2D eigenvalue weighted by Gasteiger charge is -2.20. The van der Waals surface area contributed by atoms with Crippen molar-refractivity contribution in [3.63, 3.8) is 0 Å². The van der Waals surface area contributed by atoms with E-state index in [1.807, 2.05) is 14.1 Å². The second-order valence-electron chi connectivity index (χ2n) is 6.22. The number of carbonyl (C=O) groups is 1. The van der Waals surface area contributed by atoms with Gasteiger partial charge in [0.25, 0.3) is 5.91 Å². The smallest absolute Gasteiger partial charge is 0.273 e. The van der Waals surface area contributed by atoms with Crippen LogP contribution in [0.1, 0.15) is 21.8 Å². The first-order valence-corrected chi connectivity index (χ1v) is 10.3. The van der Waals surface area contributed by atoms with E-state index in [1.165, 1.54) is 11.3 Å². The number of rotatable bonds is 7. The fraction of sp³-hybridized carbons (Fsp3) is 0.412. The Morgan fingerprint density at radius 1 is 1.30 bits per heavy atom. The van der Waals surface area contributed by atoms with Crippen LogP contribution in [0.3, 0.4) is 0 Å². The van der Waals surface area contributed by atoms with Gasteiger partial charge in [-0.2, -0.15) is 0 Å². The standard InChI is InChI=1S/C17H20ClN5O2S2/c1-10-14(27-21-20-10)16(24)23(9-5-8-22(2)3)17-19-13-12(25-4)7-6-11(18)15(13)26-17/h6-7H,5,8-9H2,1-4H3. The van der Waals surface area contributed by atoms with E-state index in [-0.39, 0.29) is 5.91 Å². The molecule has 1 aromatic carbocycles. The number of carbonyl (C=O) groups excluding carboxylic acids is 1. The highest BCUT2D eigenvalue weighted by Crippen LogP contribution is 2.39. The molecule has 3 rings (SSSR count). The summed E-state index contributed by atoms with van der Waals surface area (Å²) in [6.07, 6.45) is 0.810. The molecule has 0 N–H and O–H groups in total. The van der Waals surface area contributed by atoms with Gasteiger partial charge in [0.15, 0.2) is 5.13 Å². The van der Waals surface area contributed by atoms with Gasteiger partial charge in [0.2, 0.25) is 0 Å². The molecule has 0 radical (unpaired) electrons. The van der Waals surface area contributed by atoms with Crippen molar-refractivity contribution in [3.8, 4) is 5.75 Å². The summed E-state index contributed by atoms with van der Waals surface area (Å²) in [5, 5.41) is 5.14. The maximum absolute atomic E-state index is 13.2. The predicted octanol–water partition coefficient (Wildman–Crippen LogP) is 3.72. The number of thiazole rings is 1. The lowest BCUT2D eigenvalue weighted by molar-refractivity contribution is 0.0989. The average Bonchev–Trinajstić information content (AvgIpc) is 3.25. The van der Waals surface area contributed by atoms with Gasteiger partial charge in [-0.3, -0.25) is 9.69 Å². The summed E-state index contributed by atoms with van der Waals surface area (Å²) in [6, 6.07) is 3.56. The molecule has 3 aromatic rings. The predicted molar refractivity (Wildman–Crippen MR) is 111 cm³/mol. The molecule has 0 saturated heterocycles. The van der Waals surface area contributed by atoms with Crippen LogP contribution in [0.25, 0.3) is 10.2 Å². The highest BCUT2D eigenvalue weighted by molar-refractivity contribution is 7.23. The molecule has 0 aliphatic heterocycles. The molecule has 0 aliphatic carbocycles. The second-order valence-corrected chi connectivity index (χ2v) is 8.36. The number of nitrogens with zero attached hydrogens (tertiary/aromatic N) is 5. The molecule has 0 bridgehead atoms. The zero-order chi connectivity index (χ0) is 19.6. The maximum Gasteiger partial charge on any atom is 0.273 e. The molecule has 0 spiro atoms. The monoisotopic (exact) mass is 425 g/mol. The zero-order valence-electron chi connectivity index (χ0n) is 15.5. The van der Waals surface area contributed by atoms with E-state index in [0.29, 0.717) is 38.5 Å². The molecule has 0 fully saturated rings. The number of hydrogen-bond acceptors (Lipinski definition) is 8. The first-order valence-electron chi connectivity index (χ1n) is 8.31. The summed E-state index contributed by atoms with van der Waals surface area (Å²) in [6.45, 7) is 3.18. The van der Waals surface area contributed by atoms with E-state index in [9.17, 15) is 4.79 Å². The number of methoxy groups -OCH3 is 1. The quantitative estimate of drug-likeness (QED) is 0.574. The number of hydrogen-bond donors (Lipinski definition) is 0. The number of aryl methyl sites for hydroxylation is 1. The van der Waals surface area contributed by atoms with Crippen molar-refractivity contribution >= 4 is 55.7 Å². The summed E-state index contributed by atoms with van der Waals surface area (Å²) < 4.78 is 10.1. The van der Waals surface area contributed by atoms with Crippen LogP contribution in [0, 0.1) is 6.92 Å². The Morgan fingerprint density at radius 2 is 2.07 bits per heavy atom. The van der Waals surface area contributed by atoms with Gasteiger partial charge in [-0.05, 0) is 57.6 Å². The first kappa shape index (κ1) is 19.9. The zero-order valence-corrected chi connectivity index (χ0v) is 17.9. The van der Waals surface area contributed by atoms with Gasteiger partial charge in [-0.15, -0.1) is 5.10 Å². The van der Waals surface area contributed by atoms with Gasteiger partial charge in [-0.1, -0.05) is 27.4 Å². The number of halogens is 1. The Morgan fingerprint density at radius 3 is 2.70 bits per heavy atom. The molecular weight excluding hydrogens is 406 g/mol. The molecule has 7 nitrogen and oxygen atoms in total. The van der Waals surface area contributed by atoms with Crippen LogP contribution < -0.4 is 9.64 Å². The van der Waals surface area contributed by atoms with Crippen molar-refractivity contribution in [1.29, 1.82) is 0 Å². The minimum absolute atomic E-state index is 0.143. The fourth-order valence-electron chi connectivity index (χ4n) is 2.60. The number of fused-ring (bicyclic) bond motifs is 1. The fourth-order valence-corrected chi connectivity index (χ4v) is 4.49. The van der Waals surface area contributed by atoms with Crippen LogP contribution >= 0.6 is 34.5 Å². The van der Waals surface area contributed by atoms with Crippen molar-refractivity contribution in [3.05, 3.63) is 27.7 Å². The summed E-state index contributed by atoms with van der Waals surface area (Å²) in [5.41, 5.74) is 1.29. The molecule has 144 valence electrons. The third-order valence-electron chi connectivity index (χ3n) is 3.98. The third-order valence-corrected chi connectivity index (χ3v) is 6.33. The largest absolute Gasteiger partial charge is 0.494 e. The molecule has 1 amide bonds. The Balaban J connectivity index is 2.01. The number of benzene rings is 1. The van der Waals surface area contributed by atoms with E-state index in [1.54, 1.807) is 31.1 Å². The van der Waals surface area contributed by atoms with Gasteiger partial charge in [0.1, 0.15) is 16.1 Å². The molecule has 2 aromatic heterocycles. The second kappa shape index (κ2) is 8.47. The Bertz CT molecular complexity index is 956. The van der Waals surface area contributed by atoms with Gasteiger partial charge in [0, 0.05) is 6.54 Å². The Hall–Kier alpha value is -1.81. The van der Waals surface area contributed by atoms with Crippen LogP contribution in [0.2, 0.25) is 5.02 Å². The average molecular weight is 426 g/mol. The summed E-state index contributed by atoms with van der Waals surface area (Å²) >= 11 is 8.83. The van der Waals surface area contributed by atoms with Crippen molar-refractivity contribution in [1.82, 2.24) is 19.5 Å². The molecule has 0 unspecified atom stereocenters. The van der Waals surface area contributed by atoms with Crippen molar-refractivity contribution < 1.29 is 9.53 Å². The summed E-state index contributed by atoms with van der Waals surface area (Å²) in [7, 11) is 5.60. The van der Waals surface area contributed by atoms with Crippen molar-refractivity contribution in [2.75, 3.05) is 39.2 Å². The molecule has 0 atom stereocenters. The molecular formula is C17H20ClN5O2S2. The van der Waals surface area contributed by atoms with Crippen molar-refractivity contribution in [2.24, 2.45) is 0 Å². The lowest BCUT2D eigenvalue weighted by atomic mass is 10.3. The maximum atomic E-state index is 13.2. The minimum atomic E-state index is -0.143. The Kier molecular flexibility index (Phi) is 6.25. The highest BCUT2D eigenvalue weighted by Gasteiger charge is 2.25. The summed E-state index contributed by atoms with van der Waals surface area (Å²) in [5.74, 6) is 0.489. The van der Waals surface area contributed by atoms with E-state index in [4.69, 9.17) is 16.3 Å². The number of aromatic nitrogens is 3. The lowest BCUT2D eigenvalue weighted by Crippen LogP contribution is -2.33. The summed E-state index contributed by atoms with van der Waals surface area (Å²) in [4.78, 5) is 22.1. The molecule has 10 heteroatoms. The van der Waals surface area contributed by atoms with Crippen LogP contribution in [0.4, 0.5) is 5.13 Å². The number of amides is 1. The van der Waals surface area contributed by atoms with Gasteiger partial charge < -0.3 is 9.64 Å². The molecule has 0 saturated carbocycles. The molecule has 27 heavy (non-hydrogen) atoms. The normalized spacial score (nSPS) is 11.3. The van der Waals surface area contributed by atoms with E-state index in [2.05, 4.69) is 19.5 Å². The molecule has 2 heterocycles. The number of anilines is 1.